The third kappa shape index (κ3) is 6.73. The van der Waals surface area contributed by atoms with Crippen molar-refractivity contribution in [2.24, 2.45) is 5.73 Å². The first-order valence-electron chi connectivity index (χ1n) is 4.93. The van der Waals surface area contributed by atoms with E-state index in [1.165, 1.54) is 4.90 Å². The van der Waals surface area contributed by atoms with Crippen LogP contribution in [0.1, 0.15) is 19.3 Å². The summed E-state index contributed by atoms with van der Waals surface area (Å²) in [7, 11) is 0.146. The van der Waals surface area contributed by atoms with Gasteiger partial charge in [0.15, 0.2) is 0 Å². The Hall–Kier alpha value is -0.695. The Kier molecular flexibility index (Phi) is 7.23. The molecule has 0 bridgehead atoms. The first kappa shape index (κ1) is 15.3. The lowest BCUT2D eigenvalue weighted by atomic mass is 9.91. The van der Waals surface area contributed by atoms with Crippen molar-refractivity contribution in [3.05, 3.63) is 0 Å². The van der Waals surface area contributed by atoms with Crippen molar-refractivity contribution >= 4 is 30.3 Å². The molecule has 0 aromatic rings. The van der Waals surface area contributed by atoms with Gasteiger partial charge in [-0.15, -0.1) is 0 Å². The molecule has 0 saturated carbocycles. The van der Waals surface area contributed by atoms with Gasteiger partial charge in [0.1, 0.15) is 0 Å². The predicted molar refractivity (Wildman–Crippen MR) is 64.9 cm³/mol. The lowest BCUT2D eigenvalue weighted by Gasteiger charge is -2.23. The number of carboxylic acid groups (broad SMARTS) is 1. The Morgan fingerprint density at radius 2 is 2.12 bits per heavy atom. The van der Waals surface area contributed by atoms with Crippen LogP contribution in [-0.4, -0.2) is 57.7 Å². The van der Waals surface area contributed by atoms with Gasteiger partial charge in [0.2, 0.25) is 0 Å². The number of thiocarbonyl (C=S) groups is 1. The van der Waals surface area contributed by atoms with Gasteiger partial charge in [-0.3, -0.25) is 4.79 Å². The van der Waals surface area contributed by atoms with E-state index in [9.17, 15) is 4.79 Å². The lowest BCUT2D eigenvalue weighted by Crippen LogP contribution is -2.44. The van der Waals surface area contributed by atoms with Crippen LogP contribution in [0.4, 0.5) is 0 Å². The molecule has 16 heavy (non-hydrogen) atoms. The number of carbonyl (C=O) groups is 1. The zero-order valence-electron chi connectivity index (χ0n) is 9.17. The van der Waals surface area contributed by atoms with E-state index in [1.54, 1.807) is 7.05 Å². The Morgan fingerprint density at radius 3 is 2.56 bits per heavy atom. The van der Waals surface area contributed by atoms with Gasteiger partial charge in [0.05, 0.1) is 17.5 Å². The average molecular weight is 248 g/mol. The number of hydrogen-bond donors (Lipinski definition) is 4. The maximum absolute atomic E-state index is 10.3. The van der Waals surface area contributed by atoms with E-state index in [4.69, 9.17) is 33.1 Å². The molecule has 5 N–H and O–H groups in total. The summed E-state index contributed by atoms with van der Waals surface area (Å²) < 4.78 is 0. The molecule has 0 spiro atoms. The summed E-state index contributed by atoms with van der Waals surface area (Å²) in [4.78, 5) is 12.2. The van der Waals surface area contributed by atoms with Crippen LogP contribution in [0.2, 0.25) is 0 Å². The smallest absolute Gasteiger partial charge is 0.472 e. The predicted octanol–water partition coefficient (Wildman–Crippen LogP) is -1.16. The summed E-state index contributed by atoms with van der Waals surface area (Å²) in [5, 5.41) is 25.9. The third-order valence-corrected chi connectivity index (χ3v) is 2.65. The summed E-state index contributed by atoms with van der Waals surface area (Å²) in [6.07, 6.45) is 0.970. The number of carboxylic acids is 1. The van der Waals surface area contributed by atoms with Crippen LogP contribution in [0.25, 0.3) is 0 Å². The fourth-order valence-corrected chi connectivity index (χ4v) is 1.41. The molecule has 0 heterocycles. The molecular weight excluding hydrogens is 231 g/mol. The molecule has 0 aliphatic carbocycles. The SMILES string of the molecule is CN(CB(O)O)C(=S)[C@@H](N)CCCC(=O)O. The molecule has 0 aliphatic heterocycles. The number of nitrogens with two attached hydrogens (primary N) is 1. The second-order valence-corrected chi connectivity index (χ2v) is 4.01. The van der Waals surface area contributed by atoms with Crippen molar-refractivity contribution in [3.63, 3.8) is 0 Å². The van der Waals surface area contributed by atoms with Crippen LogP contribution in [-0.2, 0) is 4.79 Å². The van der Waals surface area contributed by atoms with Gasteiger partial charge < -0.3 is 25.8 Å². The van der Waals surface area contributed by atoms with Gasteiger partial charge in [0.25, 0.3) is 0 Å². The zero-order valence-corrected chi connectivity index (χ0v) is 9.98. The van der Waals surface area contributed by atoms with E-state index in [-0.39, 0.29) is 12.9 Å². The van der Waals surface area contributed by atoms with Gasteiger partial charge in [-0.25, -0.2) is 0 Å². The normalized spacial score (nSPS) is 12.0. The second-order valence-electron chi connectivity index (χ2n) is 3.59. The van der Waals surface area contributed by atoms with Gasteiger partial charge in [-0.05, 0) is 12.8 Å². The van der Waals surface area contributed by atoms with Crippen molar-refractivity contribution < 1.29 is 19.9 Å². The summed E-state index contributed by atoms with van der Waals surface area (Å²) >= 11 is 5.03. The average Bonchev–Trinajstić information content (AvgIpc) is 2.14. The van der Waals surface area contributed by atoms with E-state index < -0.39 is 19.1 Å². The minimum atomic E-state index is -1.46. The highest BCUT2D eigenvalue weighted by molar-refractivity contribution is 7.80. The van der Waals surface area contributed by atoms with Crippen molar-refractivity contribution in [1.29, 1.82) is 0 Å². The molecule has 0 radical (unpaired) electrons. The summed E-state index contributed by atoms with van der Waals surface area (Å²) in [6.45, 7) is 0. The highest BCUT2D eigenvalue weighted by atomic mass is 32.1. The van der Waals surface area contributed by atoms with Gasteiger partial charge in [0, 0.05) is 13.5 Å². The molecule has 0 aromatic heterocycles. The maximum Gasteiger partial charge on any atom is 0.472 e. The number of nitrogens with zero attached hydrogens (tertiary/aromatic N) is 1. The van der Waals surface area contributed by atoms with Crippen molar-refractivity contribution in [2.75, 3.05) is 13.5 Å². The fraction of sp³-hybridized carbons (Fsp3) is 0.750. The minimum Gasteiger partial charge on any atom is -0.481 e. The molecule has 0 fully saturated rings. The molecule has 0 amide bonds. The van der Waals surface area contributed by atoms with E-state index in [1.807, 2.05) is 0 Å². The molecule has 0 aromatic carbocycles. The summed E-state index contributed by atoms with van der Waals surface area (Å²) in [5.41, 5.74) is 5.74. The summed E-state index contributed by atoms with van der Waals surface area (Å²) in [6, 6.07) is -0.432. The number of rotatable bonds is 7. The van der Waals surface area contributed by atoms with Crippen LogP contribution >= 0.6 is 12.2 Å². The van der Waals surface area contributed by atoms with Crippen LogP contribution in [0, 0.1) is 0 Å². The molecule has 92 valence electrons. The Labute approximate surface area is 100 Å². The molecule has 1 atom stereocenters. The van der Waals surface area contributed by atoms with E-state index >= 15 is 0 Å². The van der Waals surface area contributed by atoms with Crippen molar-refractivity contribution in [2.45, 2.75) is 25.3 Å². The van der Waals surface area contributed by atoms with E-state index in [0.717, 1.165) is 0 Å². The first-order chi connectivity index (χ1) is 7.34. The zero-order chi connectivity index (χ0) is 12.7. The topological polar surface area (TPSA) is 107 Å². The largest absolute Gasteiger partial charge is 0.481 e. The Morgan fingerprint density at radius 1 is 1.56 bits per heavy atom. The van der Waals surface area contributed by atoms with E-state index in [2.05, 4.69) is 0 Å². The van der Waals surface area contributed by atoms with Gasteiger partial charge >= 0.3 is 13.1 Å². The van der Waals surface area contributed by atoms with Crippen LogP contribution in [0.3, 0.4) is 0 Å². The lowest BCUT2D eigenvalue weighted by molar-refractivity contribution is -0.137. The van der Waals surface area contributed by atoms with Crippen molar-refractivity contribution in [3.8, 4) is 0 Å². The maximum atomic E-state index is 10.3. The second kappa shape index (κ2) is 7.56. The molecule has 0 rings (SSSR count). The third-order valence-electron chi connectivity index (χ3n) is 2.04. The standard InChI is InChI=1S/C8H17BN2O4S/c1-11(5-9(14)15)8(16)6(10)3-2-4-7(12)13/h6,14-15H,2-5,10H2,1H3,(H,12,13)/t6-/m0/s1. The Bertz CT molecular complexity index is 252. The quantitative estimate of drug-likeness (QED) is 0.332. The molecule has 8 heteroatoms. The van der Waals surface area contributed by atoms with Gasteiger partial charge in [-0.1, -0.05) is 12.2 Å². The molecular formula is C8H17BN2O4S. The molecule has 0 aliphatic rings. The Balaban J connectivity index is 3.93. The number of likely N-dealkylation sites (N-methyl/N-ethyl adjacent to an activating group) is 1. The van der Waals surface area contributed by atoms with Crippen LogP contribution in [0.5, 0.6) is 0 Å². The van der Waals surface area contributed by atoms with Crippen LogP contribution < -0.4 is 5.73 Å². The molecule has 0 saturated heterocycles. The van der Waals surface area contributed by atoms with Crippen LogP contribution in [0.15, 0.2) is 0 Å². The fourth-order valence-electron chi connectivity index (χ4n) is 1.21. The highest BCUT2D eigenvalue weighted by Crippen LogP contribution is 2.03. The summed E-state index contributed by atoms with van der Waals surface area (Å²) in [5.74, 6) is -0.864. The highest BCUT2D eigenvalue weighted by Gasteiger charge is 2.18. The number of aliphatic carboxylic acids is 1. The van der Waals surface area contributed by atoms with Gasteiger partial charge in [-0.2, -0.15) is 0 Å². The monoisotopic (exact) mass is 248 g/mol. The van der Waals surface area contributed by atoms with E-state index in [0.29, 0.717) is 17.8 Å². The molecule has 0 unspecified atom stereocenters. The minimum absolute atomic E-state index is 0.00847. The van der Waals surface area contributed by atoms with Crippen molar-refractivity contribution in [1.82, 2.24) is 4.90 Å². The molecule has 6 nitrogen and oxygen atoms in total. The number of hydrogen-bond acceptors (Lipinski definition) is 5. The first-order valence-corrected chi connectivity index (χ1v) is 5.34.